The van der Waals surface area contributed by atoms with Gasteiger partial charge in [-0.25, -0.2) is 0 Å². The Balaban J connectivity index is 2.15. The van der Waals surface area contributed by atoms with Crippen LogP contribution in [-0.4, -0.2) is 16.6 Å². The molecule has 0 aliphatic rings. The minimum absolute atomic E-state index is 0.251. The first-order valence-electron chi connectivity index (χ1n) is 6.51. The van der Waals surface area contributed by atoms with E-state index in [1.54, 1.807) is 11.8 Å². The molecular weight excluding hydrogens is 268 g/mol. The number of benzene rings is 1. The molecule has 0 saturated carbocycles. The third-order valence-electron chi connectivity index (χ3n) is 3.01. The van der Waals surface area contributed by atoms with Crippen molar-refractivity contribution < 1.29 is 4.79 Å². The van der Waals surface area contributed by atoms with Crippen LogP contribution in [0.1, 0.15) is 17.7 Å². The van der Waals surface area contributed by atoms with E-state index >= 15 is 0 Å². The maximum atomic E-state index is 10.7. The van der Waals surface area contributed by atoms with Crippen molar-refractivity contribution in [1.82, 2.24) is 4.98 Å². The van der Waals surface area contributed by atoms with Crippen LogP contribution in [0.3, 0.4) is 0 Å². The zero-order valence-electron chi connectivity index (χ0n) is 11.7. The van der Waals surface area contributed by atoms with Crippen molar-refractivity contribution in [2.24, 2.45) is 5.73 Å². The van der Waals surface area contributed by atoms with Gasteiger partial charge in [0.15, 0.2) is 0 Å². The SMILES string of the molecule is Cc1cc(-c2ccc(SCCC(N)=O)c(C)c2)ccn1. The van der Waals surface area contributed by atoms with Crippen LogP contribution in [0.4, 0.5) is 0 Å². The first-order valence-corrected chi connectivity index (χ1v) is 7.49. The molecular formula is C16H18N2OS. The molecule has 1 aromatic carbocycles. The predicted molar refractivity (Wildman–Crippen MR) is 83.7 cm³/mol. The van der Waals surface area contributed by atoms with Crippen molar-refractivity contribution in [3.8, 4) is 11.1 Å². The van der Waals surface area contributed by atoms with E-state index in [-0.39, 0.29) is 5.91 Å². The van der Waals surface area contributed by atoms with E-state index in [0.717, 1.165) is 11.4 Å². The molecule has 0 spiro atoms. The second-order valence-electron chi connectivity index (χ2n) is 4.73. The lowest BCUT2D eigenvalue weighted by Crippen LogP contribution is -2.10. The highest BCUT2D eigenvalue weighted by molar-refractivity contribution is 7.99. The molecule has 2 N–H and O–H groups in total. The number of thioether (sulfide) groups is 1. The summed E-state index contributed by atoms with van der Waals surface area (Å²) in [6, 6.07) is 10.5. The Morgan fingerprint density at radius 1 is 1.20 bits per heavy atom. The lowest BCUT2D eigenvalue weighted by atomic mass is 10.0. The number of rotatable bonds is 5. The first-order chi connectivity index (χ1) is 9.56. The van der Waals surface area contributed by atoms with E-state index in [4.69, 9.17) is 5.73 Å². The summed E-state index contributed by atoms with van der Waals surface area (Å²) in [6.45, 7) is 4.08. The fraction of sp³-hybridized carbons (Fsp3) is 0.250. The standard InChI is InChI=1S/C16H18N2OS/c1-11-9-13(14-5-7-18-12(2)10-14)3-4-15(11)20-8-6-16(17)19/h3-5,7,9-10H,6,8H2,1-2H3,(H2,17,19). The molecule has 1 heterocycles. The van der Waals surface area contributed by atoms with E-state index in [9.17, 15) is 4.79 Å². The molecule has 0 radical (unpaired) electrons. The topological polar surface area (TPSA) is 56.0 Å². The Kier molecular flexibility index (Phi) is 4.79. The molecule has 0 unspecified atom stereocenters. The first kappa shape index (κ1) is 14.6. The maximum absolute atomic E-state index is 10.7. The van der Waals surface area contributed by atoms with Gasteiger partial charge in [-0.2, -0.15) is 0 Å². The number of carbonyl (C=O) groups is 1. The number of hydrogen-bond donors (Lipinski definition) is 1. The molecule has 3 nitrogen and oxygen atoms in total. The summed E-state index contributed by atoms with van der Waals surface area (Å²) in [7, 11) is 0. The van der Waals surface area contributed by atoms with Crippen LogP contribution < -0.4 is 5.73 Å². The number of carbonyl (C=O) groups excluding carboxylic acids is 1. The van der Waals surface area contributed by atoms with E-state index in [1.807, 2.05) is 19.2 Å². The Hall–Kier alpha value is -1.81. The van der Waals surface area contributed by atoms with Gasteiger partial charge in [-0.1, -0.05) is 12.1 Å². The average Bonchev–Trinajstić information content (AvgIpc) is 2.40. The molecule has 0 fully saturated rings. The smallest absolute Gasteiger partial charge is 0.218 e. The number of hydrogen-bond acceptors (Lipinski definition) is 3. The molecule has 1 aromatic heterocycles. The van der Waals surface area contributed by atoms with Crippen LogP contribution in [0, 0.1) is 13.8 Å². The molecule has 0 aliphatic heterocycles. The zero-order valence-corrected chi connectivity index (χ0v) is 12.5. The minimum Gasteiger partial charge on any atom is -0.370 e. The highest BCUT2D eigenvalue weighted by Crippen LogP contribution is 2.28. The number of aromatic nitrogens is 1. The summed E-state index contributed by atoms with van der Waals surface area (Å²) in [5.41, 5.74) is 9.74. The molecule has 2 aromatic rings. The number of nitrogens with two attached hydrogens (primary N) is 1. The highest BCUT2D eigenvalue weighted by atomic mass is 32.2. The number of amides is 1. The molecule has 0 bridgehead atoms. The molecule has 104 valence electrons. The van der Waals surface area contributed by atoms with E-state index in [1.165, 1.54) is 21.6 Å². The summed E-state index contributed by atoms with van der Waals surface area (Å²) in [5.74, 6) is 0.475. The van der Waals surface area contributed by atoms with Crippen LogP contribution in [0.15, 0.2) is 41.4 Å². The van der Waals surface area contributed by atoms with Crippen LogP contribution >= 0.6 is 11.8 Å². The molecule has 1 amide bonds. The fourth-order valence-electron chi connectivity index (χ4n) is 1.98. The fourth-order valence-corrected chi connectivity index (χ4v) is 2.95. The van der Waals surface area contributed by atoms with Gasteiger partial charge in [-0.3, -0.25) is 9.78 Å². The van der Waals surface area contributed by atoms with Gasteiger partial charge in [0, 0.05) is 29.0 Å². The maximum Gasteiger partial charge on any atom is 0.218 e. The monoisotopic (exact) mass is 286 g/mol. The Bertz CT molecular complexity index is 626. The number of nitrogens with zero attached hydrogens (tertiary/aromatic N) is 1. The van der Waals surface area contributed by atoms with E-state index in [0.29, 0.717) is 6.42 Å². The Morgan fingerprint density at radius 3 is 2.60 bits per heavy atom. The Morgan fingerprint density at radius 2 is 1.95 bits per heavy atom. The van der Waals surface area contributed by atoms with Crippen LogP contribution in [0.5, 0.6) is 0 Å². The molecule has 0 atom stereocenters. The second kappa shape index (κ2) is 6.57. The quantitative estimate of drug-likeness (QED) is 0.858. The third-order valence-corrected chi connectivity index (χ3v) is 4.19. The summed E-state index contributed by atoms with van der Waals surface area (Å²) in [4.78, 5) is 16.2. The molecule has 0 aliphatic carbocycles. The average molecular weight is 286 g/mol. The van der Waals surface area contributed by atoms with Crippen molar-refractivity contribution in [3.63, 3.8) is 0 Å². The molecule has 2 rings (SSSR count). The van der Waals surface area contributed by atoms with Gasteiger partial charge in [0.25, 0.3) is 0 Å². The lowest BCUT2D eigenvalue weighted by Gasteiger charge is -2.08. The van der Waals surface area contributed by atoms with Crippen molar-refractivity contribution in [3.05, 3.63) is 47.8 Å². The van der Waals surface area contributed by atoms with Gasteiger partial charge in [0.2, 0.25) is 5.91 Å². The number of primary amides is 1. The molecule has 0 saturated heterocycles. The van der Waals surface area contributed by atoms with Crippen LogP contribution in [0.2, 0.25) is 0 Å². The van der Waals surface area contributed by atoms with E-state index < -0.39 is 0 Å². The van der Waals surface area contributed by atoms with Crippen molar-refractivity contribution in [1.29, 1.82) is 0 Å². The number of aryl methyl sites for hydroxylation is 2. The summed E-state index contributed by atoms with van der Waals surface area (Å²) in [6.07, 6.45) is 2.24. The zero-order chi connectivity index (χ0) is 14.5. The van der Waals surface area contributed by atoms with Crippen molar-refractivity contribution >= 4 is 17.7 Å². The van der Waals surface area contributed by atoms with Crippen molar-refractivity contribution in [2.45, 2.75) is 25.2 Å². The molecule has 20 heavy (non-hydrogen) atoms. The van der Waals surface area contributed by atoms with Gasteiger partial charge < -0.3 is 5.73 Å². The predicted octanol–water partition coefficient (Wildman–Crippen LogP) is 3.33. The largest absolute Gasteiger partial charge is 0.370 e. The summed E-state index contributed by atoms with van der Waals surface area (Å²) >= 11 is 1.67. The minimum atomic E-state index is -0.251. The van der Waals surface area contributed by atoms with Gasteiger partial charge in [0.05, 0.1) is 0 Å². The van der Waals surface area contributed by atoms with Crippen molar-refractivity contribution in [2.75, 3.05) is 5.75 Å². The van der Waals surface area contributed by atoms with Crippen LogP contribution in [-0.2, 0) is 4.79 Å². The van der Waals surface area contributed by atoms with Gasteiger partial charge in [0.1, 0.15) is 0 Å². The van der Waals surface area contributed by atoms with E-state index in [2.05, 4.69) is 36.2 Å². The normalized spacial score (nSPS) is 10.5. The summed E-state index contributed by atoms with van der Waals surface area (Å²) in [5, 5.41) is 0. The Labute approximate surface area is 123 Å². The summed E-state index contributed by atoms with van der Waals surface area (Å²) < 4.78 is 0. The lowest BCUT2D eigenvalue weighted by molar-refractivity contribution is -0.117. The third kappa shape index (κ3) is 3.84. The van der Waals surface area contributed by atoms with Gasteiger partial charge in [-0.05, 0) is 48.7 Å². The van der Waals surface area contributed by atoms with Gasteiger partial charge >= 0.3 is 0 Å². The number of pyridine rings is 1. The second-order valence-corrected chi connectivity index (χ2v) is 5.87. The van der Waals surface area contributed by atoms with Crippen LogP contribution in [0.25, 0.3) is 11.1 Å². The molecule has 4 heteroatoms. The van der Waals surface area contributed by atoms with Gasteiger partial charge in [-0.15, -0.1) is 11.8 Å². The highest BCUT2D eigenvalue weighted by Gasteiger charge is 2.04.